The minimum Gasteiger partial charge on any atom is -0.480 e. The van der Waals surface area contributed by atoms with Crippen molar-refractivity contribution in [2.45, 2.75) is 31.2 Å². The van der Waals surface area contributed by atoms with Gasteiger partial charge in [-0.3, -0.25) is 14.4 Å². The first kappa shape index (κ1) is 16.4. The van der Waals surface area contributed by atoms with Crippen molar-refractivity contribution in [2.24, 2.45) is 0 Å². The third-order valence-electron chi connectivity index (χ3n) is 3.28. The normalized spacial score (nSPS) is 14.0. The number of fused-ring (bicyclic) bond motifs is 1. The zero-order valence-corrected chi connectivity index (χ0v) is 13.3. The Hall–Kier alpha value is -2.02. The van der Waals surface area contributed by atoms with Crippen LogP contribution in [0.15, 0.2) is 23.1 Å². The lowest BCUT2D eigenvalue weighted by molar-refractivity contribution is -0.138. The highest BCUT2D eigenvalue weighted by Crippen LogP contribution is 2.31. The van der Waals surface area contributed by atoms with E-state index in [1.165, 1.54) is 4.90 Å². The number of nitrogens with one attached hydrogen (secondary N) is 1. The van der Waals surface area contributed by atoms with Crippen LogP contribution in [0, 0.1) is 0 Å². The Kier molecular flexibility index (Phi) is 5.07. The molecular weight excluding hydrogens is 304 g/mol. The minimum absolute atomic E-state index is 0.0814. The Balaban J connectivity index is 2.30. The summed E-state index contributed by atoms with van der Waals surface area (Å²) in [6.45, 7) is 3.18. The van der Waals surface area contributed by atoms with Gasteiger partial charge in [-0.1, -0.05) is 0 Å². The van der Waals surface area contributed by atoms with Crippen LogP contribution in [0.1, 0.15) is 30.6 Å². The van der Waals surface area contributed by atoms with E-state index < -0.39 is 5.97 Å². The van der Waals surface area contributed by atoms with Crippen LogP contribution in [0.3, 0.4) is 0 Å². The summed E-state index contributed by atoms with van der Waals surface area (Å²) in [4.78, 5) is 37.3. The third-order valence-corrected chi connectivity index (χ3v) is 4.35. The monoisotopic (exact) mass is 322 g/mol. The van der Waals surface area contributed by atoms with Gasteiger partial charge in [0.1, 0.15) is 6.54 Å². The number of benzene rings is 1. The maximum absolute atomic E-state index is 12.5. The van der Waals surface area contributed by atoms with E-state index in [1.54, 1.807) is 43.8 Å². The van der Waals surface area contributed by atoms with Gasteiger partial charge in [-0.25, -0.2) is 0 Å². The zero-order valence-electron chi connectivity index (χ0n) is 12.5. The minimum atomic E-state index is -1.05. The number of nitrogens with zero attached hydrogens (tertiary/aromatic N) is 1. The molecule has 2 amide bonds. The second-order valence-electron chi connectivity index (χ2n) is 5.28. The highest BCUT2D eigenvalue weighted by molar-refractivity contribution is 7.99. The fourth-order valence-corrected chi connectivity index (χ4v) is 3.09. The first-order valence-electron chi connectivity index (χ1n) is 6.98. The van der Waals surface area contributed by atoms with Gasteiger partial charge in [-0.2, -0.15) is 0 Å². The summed E-state index contributed by atoms with van der Waals surface area (Å²) in [6, 6.07) is 4.85. The SMILES string of the molecule is CC(C)N(CC(=O)O)C(=O)c1ccc2c(c1)NC(=O)CCS2. The second-order valence-corrected chi connectivity index (χ2v) is 6.41. The Labute approximate surface area is 132 Å². The number of amides is 2. The van der Waals surface area contributed by atoms with E-state index in [0.717, 1.165) is 4.90 Å². The number of anilines is 1. The van der Waals surface area contributed by atoms with Gasteiger partial charge in [0, 0.05) is 28.7 Å². The van der Waals surface area contributed by atoms with Gasteiger partial charge in [0.15, 0.2) is 0 Å². The van der Waals surface area contributed by atoms with Crippen molar-refractivity contribution in [2.75, 3.05) is 17.6 Å². The molecule has 0 atom stereocenters. The Morgan fingerprint density at radius 2 is 2.14 bits per heavy atom. The average Bonchev–Trinajstić information content (AvgIpc) is 2.63. The molecule has 1 aromatic rings. The maximum atomic E-state index is 12.5. The summed E-state index contributed by atoms with van der Waals surface area (Å²) in [5.41, 5.74) is 0.980. The molecule has 1 aliphatic rings. The molecule has 0 aliphatic carbocycles. The molecule has 1 aliphatic heterocycles. The molecule has 0 fully saturated rings. The van der Waals surface area contributed by atoms with Gasteiger partial charge in [0.25, 0.3) is 5.91 Å². The quantitative estimate of drug-likeness (QED) is 0.886. The van der Waals surface area contributed by atoms with Crippen LogP contribution >= 0.6 is 11.8 Å². The summed E-state index contributed by atoms with van der Waals surface area (Å²) < 4.78 is 0. The van der Waals surface area contributed by atoms with E-state index in [4.69, 9.17) is 5.11 Å². The van der Waals surface area contributed by atoms with Crippen molar-refractivity contribution in [1.29, 1.82) is 0 Å². The summed E-state index contributed by atoms with van der Waals surface area (Å²) in [7, 11) is 0. The van der Waals surface area contributed by atoms with Crippen LogP contribution in [-0.4, -0.2) is 46.1 Å². The lowest BCUT2D eigenvalue weighted by Crippen LogP contribution is -2.40. The van der Waals surface area contributed by atoms with Crippen LogP contribution in [0.4, 0.5) is 5.69 Å². The van der Waals surface area contributed by atoms with Gasteiger partial charge in [-0.15, -0.1) is 11.8 Å². The van der Waals surface area contributed by atoms with Gasteiger partial charge in [0.05, 0.1) is 5.69 Å². The number of carbonyl (C=O) groups is 3. The topological polar surface area (TPSA) is 86.7 Å². The van der Waals surface area contributed by atoms with Gasteiger partial charge in [-0.05, 0) is 32.0 Å². The Bertz CT molecular complexity index is 616. The molecule has 22 heavy (non-hydrogen) atoms. The van der Waals surface area contributed by atoms with Crippen LogP contribution in [0.5, 0.6) is 0 Å². The fraction of sp³-hybridized carbons (Fsp3) is 0.400. The van der Waals surface area contributed by atoms with Gasteiger partial charge in [0.2, 0.25) is 5.91 Å². The molecule has 2 rings (SSSR count). The summed E-state index contributed by atoms with van der Waals surface area (Å²) >= 11 is 1.56. The molecule has 6 nitrogen and oxygen atoms in total. The molecule has 0 bridgehead atoms. The van der Waals surface area contributed by atoms with Crippen molar-refractivity contribution < 1.29 is 19.5 Å². The summed E-state index contributed by atoms with van der Waals surface area (Å²) in [5.74, 6) is -0.796. The highest BCUT2D eigenvalue weighted by Gasteiger charge is 2.23. The number of carbonyl (C=O) groups excluding carboxylic acids is 2. The molecule has 2 N–H and O–H groups in total. The lowest BCUT2D eigenvalue weighted by Gasteiger charge is -2.25. The standard InChI is InChI=1S/C15H18N2O4S/c1-9(2)17(8-14(19)20)15(21)10-3-4-12-11(7-10)16-13(18)5-6-22-12/h3-4,7,9H,5-6,8H2,1-2H3,(H,16,18)(H,19,20). The second kappa shape index (κ2) is 6.83. The molecule has 0 aromatic heterocycles. The van der Waals surface area contributed by atoms with Crippen molar-refractivity contribution >= 4 is 35.2 Å². The highest BCUT2D eigenvalue weighted by atomic mass is 32.2. The van der Waals surface area contributed by atoms with Crippen molar-refractivity contribution in [3.05, 3.63) is 23.8 Å². The van der Waals surface area contributed by atoms with Gasteiger partial charge >= 0.3 is 5.97 Å². The number of thioether (sulfide) groups is 1. The zero-order chi connectivity index (χ0) is 16.3. The largest absolute Gasteiger partial charge is 0.480 e. The summed E-state index contributed by atoms with van der Waals surface area (Å²) in [6.07, 6.45) is 0.430. The van der Waals surface area contributed by atoms with E-state index >= 15 is 0 Å². The van der Waals surface area contributed by atoms with Crippen LogP contribution in [0.2, 0.25) is 0 Å². The van der Waals surface area contributed by atoms with E-state index in [-0.39, 0.29) is 24.4 Å². The third kappa shape index (κ3) is 3.79. The predicted octanol–water partition coefficient (Wildman–Crippen LogP) is 2.06. The van der Waals surface area contributed by atoms with E-state index in [2.05, 4.69) is 5.32 Å². The molecule has 7 heteroatoms. The smallest absolute Gasteiger partial charge is 0.323 e. The molecule has 1 heterocycles. The molecular formula is C15H18N2O4S. The number of hydrogen-bond donors (Lipinski definition) is 2. The molecule has 118 valence electrons. The molecule has 0 unspecified atom stereocenters. The van der Waals surface area contributed by atoms with Crippen LogP contribution < -0.4 is 5.32 Å². The maximum Gasteiger partial charge on any atom is 0.323 e. The summed E-state index contributed by atoms with van der Waals surface area (Å²) in [5, 5.41) is 11.7. The number of hydrogen-bond acceptors (Lipinski definition) is 4. The molecule has 0 saturated heterocycles. The molecule has 1 aromatic carbocycles. The van der Waals surface area contributed by atoms with Crippen molar-refractivity contribution in [3.63, 3.8) is 0 Å². The Morgan fingerprint density at radius 1 is 1.41 bits per heavy atom. The predicted molar refractivity (Wildman–Crippen MR) is 84.2 cm³/mol. The average molecular weight is 322 g/mol. The molecule has 0 radical (unpaired) electrons. The van der Waals surface area contributed by atoms with Crippen molar-refractivity contribution in [3.8, 4) is 0 Å². The van der Waals surface area contributed by atoms with E-state index in [9.17, 15) is 14.4 Å². The number of rotatable bonds is 4. The molecule has 0 saturated carbocycles. The van der Waals surface area contributed by atoms with Crippen LogP contribution in [0.25, 0.3) is 0 Å². The Morgan fingerprint density at radius 3 is 2.77 bits per heavy atom. The lowest BCUT2D eigenvalue weighted by atomic mass is 10.1. The number of carboxylic acid groups (broad SMARTS) is 1. The van der Waals surface area contributed by atoms with E-state index in [0.29, 0.717) is 23.4 Å². The first-order valence-corrected chi connectivity index (χ1v) is 7.96. The number of aliphatic carboxylic acids is 1. The van der Waals surface area contributed by atoms with E-state index in [1.807, 2.05) is 0 Å². The van der Waals surface area contributed by atoms with Crippen molar-refractivity contribution in [1.82, 2.24) is 4.90 Å². The fourth-order valence-electron chi connectivity index (χ4n) is 2.15. The molecule has 0 spiro atoms. The van der Waals surface area contributed by atoms with Crippen LogP contribution in [-0.2, 0) is 9.59 Å². The first-order chi connectivity index (χ1) is 10.4. The van der Waals surface area contributed by atoms with Gasteiger partial charge < -0.3 is 15.3 Å². The number of carboxylic acids is 1.